The number of nitrogens with one attached hydrogen (secondary N) is 1. The fraction of sp³-hybridized carbons (Fsp3) is 0.375. The van der Waals surface area contributed by atoms with E-state index >= 15 is 0 Å². The molecular formula is C16H18N2O3. The molecule has 2 heterocycles. The van der Waals surface area contributed by atoms with Gasteiger partial charge in [0.15, 0.2) is 0 Å². The first kappa shape index (κ1) is 13.8. The van der Waals surface area contributed by atoms with E-state index in [1.807, 2.05) is 26.0 Å². The second kappa shape index (κ2) is 5.33. The van der Waals surface area contributed by atoms with Crippen molar-refractivity contribution in [3.63, 3.8) is 0 Å². The summed E-state index contributed by atoms with van der Waals surface area (Å²) in [6.07, 6.45) is 0. The first-order valence-electron chi connectivity index (χ1n) is 7.13. The molecule has 1 fully saturated rings. The highest BCUT2D eigenvalue weighted by atomic mass is 16.4. The third-order valence-corrected chi connectivity index (χ3v) is 3.72. The third-order valence-electron chi connectivity index (χ3n) is 3.72. The van der Waals surface area contributed by atoms with Gasteiger partial charge in [-0.05, 0) is 26.0 Å². The maximum Gasteiger partial charge on any atom is 0.349 e. The van der Waals surface area contributed by atoms with E-state index in [4.69, 9.17) is 4.42 Å². The lowest BCUT2D eigenvalue weighted by Crippen LogP contribution is -2.56. The van der Waals surface area contributed by atoms with E-state index in [-0.39, 0.29) is 23.6 Å². The minimum Gasteiger partial charge on any atom is -0.422 e. The molecule has 5 heteroatoms. The number of para-hydroxylation sites is 1. The van der Waals surface area contributed by atoms with Gasteiger partial charge in [0.25, 0.3) is 5.91 Å². The number of carbonyl (C=O) groups is 1. The molecule has 0 spiro atoms. The first-order valence-corrected chi connectivity index (χ1v) is 7.13. The molecule has 3 rings (SSSR count). The highest BCUT2D eigenvalue weighted by Crippen LogP contribution is 2.15. The Morgan fingerprint density at radius 1 is 1.24 bits per heavy atom. The van der Waals surface area contributed by atoms with Crippen LogP contribution in [0.15, 0.2) is 39.5 Å². The lowest BCUT2D eigenvalue weighted by molar-refractivity contribution is 0.0669. The summed E-state index contributed by atoms with van der Waals surface area (Å²) >= 11 is 0. The molecule has 110 valence electrons. The van der Waals surface area contributed by atoms with E-state index in [2.05, 4.69) is 5.32 Å². The average Bonchev–Trinajstić information content (AvgIpc) is 2.44. The number of hydrogen-bond acceptors (Lipinski definition) is 4. The molecule has 2 aromatic rings. The van der Waals surface area contributed by atoms with Gasteiger partial charge in [-0.25, -0.2) is 4.79 Å². The van der Waals surface area contributed by atoms with Gasteiger partial charge in [-0.2, -0.15) is 0 Å². The van der Waals surface area contributed by atoms with E-state index in [9.17, 15) is 9.59 Å². The van der Waals surface area contributed by atoms with Crippen LogP contribution >= 0.6 is 0 Å². The molecule has 1 aliphatic rings. The number of amides is 1. The largest absolute Gasteiger partial charge is 0.422 e. The molecule has 1 N–H and O–H groups in total. The number of nitrogens with zero attached hydrogens (tertiary/aromatic N) is 1. The lowest BCUT2D eigenvalue weighted by Gasteiger charge is -2.36. The summed E-state index contributed by atoms with van der Waals surface area (Å²) in [5.41, 5.74) is 0.0358. The predicted octanol–water partition coefficient (Wildman–Crippen LogP) is 1.62. The topological polar surface area (TPSA) is 62.6 Å². The number of rotatable bonds is 1. The predicted molar refractivity (Wildman–Crippen MR) is 80.4 cm³/mol. The van der Waals surface area contributed by atoms with Gasteiger partial charge in [0.1, 0.15) is 11.1 Å². The van der Waals surface area contributed by atoms with E-state index in [1.54, 1.807) is 23.1 Å². The maximum absolute atomic E-state index is 12.6. The Bertz CT molecular complexity index is 728. The molecule has 2 atom stereocenters. The SMILES string of the molecule is CC1CN(C(=O)c2cc3ccccc3oc2=O)CC(C)N1. The van der Waals surface area contributed by atoms with E-state index < -0.39 is 5.63 Å². The van der Waals surface area contributed by atoms with Crippen LogP contribution in [0.5, 0.6) is 0 Å². The molecule has 0 bridgehead atoms. The molecule has 1 amide bonds. The molecule has 1 aliphatic heterocycles. The van der Waals surface area contributed by atoms with Gasteiger partial charge in [-0.1, -0.05) is 18.2 Å². The average molecular weight is 286 g/mol. The molecule has 0 saturated carbocycles. The zero-order valence-corrected chi connectivity index (χ0v) is 12.1. The molecule has 1 aromatic heterocycles. The summed E-state index contributed by atoms with van der Waals surface area (Å²) in [6, 6.07) is 9.26. The van der Waals surface area contributed by atoms with Crippen molar-refractivity contribution in [2.75, 3.05) is 13.1 Å². The van der Waals surface area contributed by atoms with E-state index in [0.29, 0.717) is 18.7 Å². The number of fused-ring (bicyclic) bond motifs is 1. The Morgan fingerprint density at radius 2 is 1.90 bits per heavy atom. The Hall–Kier alpha value is -2.14. The molecule has 0 aliphatic carbocycles. The van der Waals surface area contributed by atoms with Crippen LogP contribution < -0.4 is 10.9 Å². The van der Waals surface area contributed by atoms with Gasteiger partial charge in [0.05, 0.1) is 0 Å². The molecule has 2 unspecified atom stereocenters. The number of benzene rings is 1. The normalized spacial score (nSPS) is 22.5. The monoisotopic (exact) mass is 286 g/mol. The van der Waals surface area contributed by atoms with Crippen molar-refractivity contribution >= 4 is 16.9 Å². The highest BCUT2D eigenvalue weighted by molar-refractivity contribution is 5.96. The smallest absolute Gasteiger partial charge is 0.349 e. The summed E-state index contributed by atoms with van der Waals surface area (Å²) in [5, 5.41) is 4.13. The Morgan fingerprint density at radius 3 is 2.62 bits per heavy atom. The Labute approximate surface area is 122 Å². The quantitative estimate of drug-likeness (QED) is 0.809. The zero-order valence-electron chi connectivity index (χ0n) is 12.1. The van der Waals surface area contributed by atoms with Crippen LogP contribution in [0.3, 0.4) is 0 Å². The second-order valence-electron chi connectivity index (χ2n) is 5.66. The van der Waals surface area contributed by atoms with Crippen molar-refractivity contribution in [3.8, 4) is 0 Å². The van der Waals surface area contributed by atoms with Crippen LogP contribution in [-0.2, 0) is 0 Å². The fourth-order valence-corrected chi connectivity index (χ4v) is 2.87. The maximum atomic E-state index is 12.6. The van der Waals surface area contributed by atoms with Crippen LogP contribution in [0.2, 0.25) is 0 Å². The number of hydrogen-bond donors (Lipinski definition) is 1. The minimum atomic E-state index is -0.572. The van der Waals surface area contributed by atoms with E-state index in [1.165, 1.54) is 0 Å². The molecule has 1 saturated heterocycles. The van der Waals surface area contributed by atoms with Gasteiger partial charge in [-0.3, -0.25) is 4.79 Å². The standard InChI is InChI=1S/C16H18N2O3/c1-10-8-18(9-11(2)17-10)15(19)13-7-12-5-3-4-6-14(12)21-16(13)20/h3-7,10-11,17H,8-9H2,1-2H3. The molecular weight excluding hydrogens is 268 g/mol. The third kappa shape index (κ3) is 2.69. The van der Waals surface area contributed by atoms with Crippen molar-refractivity contribution in [1.29, 1.82) is 0 Å². The molecule has 5 nitrogen and oxygen atoms in total. The summed E-state index contributed by atoms with van der Waals surface area (Å²) in [4.78, 5) is 26.4. The van der Waals surface area contributed by atoms with Gasteiger partial charge in [0, 0.05) is 30.6 Å². The fourth-order valence-electron chi connectivity index (χ4n) is 2.87. The van der Waals surface area contributed by atoms with E-state index in [0.717, 1.165) is 5.39 Å². The molecule has 21 heavy (non-hydrogen) atoms. The summed E-state index contributed by atoms with van der Waals surface area (Å²) in [7, 11) is 0. The van der Waals surface area contributed by atoms with Crippen molar-refractivity contribution < 1.29 is 9.21 Å². The molecule has 0 radical (unpaired) electrons. The molecule has 1 aromatic carbocycles. The van der Waals surface area contributed by atoms with Crippen LogP contribution in [0.4, 0.5) is 0 Å². The van der Waals surface area contributed by atoms with Crippen molar-refractivity contribution in [2.45, 2.75) is 25.9 Å². The second-order valence-corrected chi connectivity index (χ2v) is 5.66. The Balaban J connectivity index is 1.97. The van der Waals surface area contributed by atoms with Crippen LogP contribution in [0.25, 0.3) is 11.0 Å². The summed E-state index contributed by atoms with van der Waals surface area (Å²) < 4.78 is 5.24. The van der Waals surface area contributed by atoms with Crippen molar-refractivity contribution in [2.24, 2.45) is 0 Å². The van der Waals surface area contributed by atoms with Crippen LogP contribution in [0.1, 0.15) is 24.2 Å². The van der Waals surface area contributed by atoms with Gasteiger partial charge in [-0.15, -0.1) is 0 Å². The van der Waals surface area contributed by atoms with Crippen LogP contribution in [-0.4, -0.2) is 36.0 Å². The zero-order chi connectivity index (χ0) is 15.0. The summed E-state index contributed by atoms with van der Waals surface area (Å²) in [6.45, 7) is 5.24. The Kier molecular flexibility index (Phi) is 3.51. The summed E-state index contributed by atoms with van der Waals surface area (Å²) in [5.74, 6) is -0.255. The minimum absolute atomic E-state index is 0.106. The number of carbonyl (C=O) groups excluding carboxylic acids is 1. The van der Waals surface area contributed by atoms with Crippen molar-refractivity contribution in [1.82, 2.24) is 10.2 Å². The number of piperazine rings is 1. The lowest BCUT2D eigenvalue weighted by atomic mass is 10.1. The van der Waals surface area contributed by atoms with Gasteiger partial charge < -0.3 is 14.6 Å². The van der Waals surface area contributed by atoms with Gasteiger partial charge in [0.2, 0.25) is 0 Å². The van der Waals surface area contributed by atoms with Crippen LogP contribution in [0, 0.1) is 0 Å². The van der Waals surface area contributed by atoms with Gasteiger partial charge >= 0.3 is 5.63 Å². The first-order chi connectivity index (χ1) is 10.0. The van der Waals surface area contributed by atoms with Crippen molar-refractivity contribution in [3.05, 3.63) is 46.3 Å². The highest BCUT2D eigenvalue weighted by Gasteiger charge is 2.27.